The third kappa shape index (κ3) is 5.58. The van der Waals surface area contributed by atoms with E-state index >= 15 is 0 Å². The minimum Gasteiger partial charge on any atom is -0.481 e. The Morgan fingerprint density at radius 3 is 2.42 bits per heavy atom. The molecular weight excluding hydrogens is 220 g/mol. The van der Waals surface area contributed by atoms with Crippen LogP contribution in [0.1, 0.15) is 39.0 Å². The summed E-state index contributed by atoms with van der Waals surface area (Å²) in [7, 11) is 0. The number of carboxylic acid groups (broad SMARTS) is 1. The monoisotopic (exact) mass is 236 g/mol. The summed E-state index contributed by atoms with van der Waals surface area (Å²) in [6, 6.07) is 0. The van der Waals surface area contributed by atoms with Crippen LogP contribution >= 0.6 is 15.9 Å². The van der Waals surface area contributed by atoms with Crippen molar-refractivity contribution in [2.24, 2.45) is 5.92 Å². The average Bonchev–Trinajstić information content (AvgIpc) is 2.04. The number of rotatable bonds is 7. The van der Waals surface area contributed by atoms with E-state index in [9.17, 15) is 4.79 Å². The summed E-state index contributed by atoms with van der Waals surface area (Å²) < 4.78 is 0. The molecule has 0 spiro atoms. The molecule has 0 rings (SSSR count). The highest BCUT2D eigenvalue weighted by molar-refractivity contribution is 9.09. The zero-order valence-corrected chi connectivity index (χ0v) is 9.14. The first-order valence-electron chi connectivity index (χ1n) is 4.51. The molecule has 0 aliphatic rings. The van der Waals surface area contributed by atoms with Gasteiger partial charge in [0, 0.05) is 5.33 Å². The van der Waals surface area contributed by atoms with Crippen LogP contribution < -0.4 is 0 Å². The van der Waals surface area contributed by atoms with Crippen LogP contribution in [0.3, 0.4) is 0 Å². The molecule has 0 radical (unpaired) electrons. The lowest BCUT2D eigenvalue weighted by atomic mass is 9.97. The number of aliphatic carboxylic acids is 1. The van der Waals surface area contributed by atoms with Crippen LogP contribution in [0.2, 0.25) is 0 Å². The molecule has 0 fully saturated rings. The number of unbranched alkanes of at least 4 members (excludes halogenated alkanes) is 1. The van der Waals surface area contributed by atoms with E-state index in [1.54, 1.807) is 0 Å². The van der Waals surface area contributed by atoms with Crippen LogP contribution in [0.5, 0.6) is 0 Å². The third-order valence-corrected chi connectivity index (χ3v) is 2.50. The van der Waals surface area contributed by atoms with E-state index in [1.165, 1.54) is 0 Å². The van der Waals surface area contributed by atoms with Crippen molar-refractivity contribution in [1.29, 1.82) is 0 Å². The van der Waals surface area contributed by atoms with Gasteiger partial charge in [-0.05, 0) is 19.3 Å². The fourth-order valence-electron chi connectivity index (χ4n) is 1.17. The highest BCUT2D eigenvalue weighted by Gasteiger charge is 2.15. The molecule has 1 unspecified atom stereocenters. The normalized spacial score (nSPS) is 12.8. The zero-order valence-electron chi connectivity index (χ0n) is 7.55. The van der Waals surface area contributed by atoms with E-state index in [0.717, 1.165) is 37.4 Å². The maximum Gasteiger partial charge on any atom is 0.306 e. The highest BCUT2D eigenvalue weighted by Crippen LogP contribution is 2.15. The van der Waals surface area contributed by atoms with Crippen LogP contribution in [0.15, 0.2) is 0 Å². The molecule has 3 heteroatoms. The van der Waals surface area contributed by atoms with Gasteiger partial charge in [0.25, 0.3) is 0 Å². The van der Waals surface area contributed by atoms with Crippen molar-refractivity contribution in [2.45, 2.75) is 39.0 Å². The Balaban J connectivity index is 3.62. The van der Waals surface area contributed by atoms with Gasteiger partial charge in [-0.15, -0.1) is 0 Å². The molecule has 1 atom stereocenters. The summed E-state index contributed by atoms with van der Waals surface area (Å²) in [5.74, 6) is -0.757. The molecule has 0 aromatic carbocycles. The molecule has 0 aliphatic heterocycles. The smallest absolute Gasteiger partial charge is 0.306 e. The molecule has 0 aromatic heterocycles. The first-order chi connectivity index (χ1) is 5.72. The second-order valence-electron chi connectivity index (χ2n) is 3.01. The van der Waals surface area contributed by atoms with E-state index in [0.29, 0.717) is 0 Å². The van der Waals surface area contributed by atoms with Crippen LogP contribution in [0.25, 0.3) is 0 Å². The Hall–Kier alpha value is -0.0500. The highest BCUT2D eigenvalue weighted by atomic mass is 79.9. The fourth-order valence-corrected chi connectivity index (χ4v) is 1.49. The molecular formula is C9H17BrO2. The molecule has 0 aliphatic carbocycles. The summed E-state index contributed by atoms with van der Waals surface area (Å²) >= 11 is 3.30. The summed E-state index contributed by atoms with van der Waals surface area (Å²) in [5, 5.41) is 9.72. The van der Waals surface area contributed by atoms with E-state index in [4.69, 9.17) is 5.11 Å². The fraction of sp³-hybridized carbons (Fsp3) is 0.889. The van der Waals surface area contributed by atoms with Gasteiger partial charge in [0.1, 0.15) is 0 Å². The predicted molar refractivity (Wildman–Crippen MR) is 53.7 cm³/mol. The second-order valence-corrected chi connectivity index (χ2v) is 3.80. The quantitative estimate of drug-likeness (QED) is 0.691. The number of hydrogen-bond acceptors (Lipinski definition) is 1. The standard InChI is InChI=1S/C9H17BrO2/c1-2-3-5-8(9(11)12)6-4-7-10/h8H,2-7H2,1H3,(H,11,12). The molecule has 72 valence electrons. The van der Waals surface area contributed by atoms with Crippen molar-refractivity contribution < 1.29 is 9.90 Å². The van der Waals surface area contributed by atoms with Crippen LogP contribution in [-0.4, -0.2) is 16.4 Å². The van der Waals surface area contributed by atoms with Gasteiger partial charge in [0.05, 0.1) is 5.92 Å². The Morgan fingerprint density at radius 2 is 2.00 bits per heavy atom. The molecule has 0 amide bonds. The van der Waals surface area contributed by atoms with E-state index < -0.39 is 5.97 Å². The van der Waals surface area contributed by atoms with Crippen molar-refractivity contribution in [2.75, 3.05) is 5.33 Å². The second kappa shape index (κ2) is 7.59. The number of alkyl halides is 1. The summed E-state index contributed by atoms with van der Waals surface area (Å²) in [5.41, 5.74) is 0. The Bertz CT molecular complexity index is 118. The molecule has 0 saturated heterocycles. The van der Waals surface area contributed by atoms with Gasteiger partial charge in [0.15, 0.2) is 0 Å². The van der Waals surface area contributed by atoms with Crippen molar-refractivity contribution in [1.82, 2.24) is 0 Å². The number of hydrogen-bond donors (Lipinski definition) is 1. The van der Waals surface area contributed by atoms with Gasteiger partial charge in [0.2, 0.25) is 0 Å². The van der Waals surface area contributed by atoms with Crippen molar-refractivity contribution in [3.05, 3.63) is 0 Å². The predicted octanol–water partition coefficient (Wildman–Crippen LogP) is 3.05. The molecule has 1 N–H and O–H groups in total. The molecule has 2 nitrogen and oxygen atoms in total. The Morgan fingerprint density at radius 1 is 1.42 bits per heavy atom. The lowest BCUT2D eigenvalue weighted by Crippen LogP contribution is -2.13. The topological polar surface area (TPSA) is 37.3 Å². The Labute approximate surface area is 82.5 Å². The maximum absolute atomic E-state index is 10.7. The zero-order chi connectivity index (χ0) is 9.40. The van der Waals surface area contributed by atoms with Crippen molar-refractivity contribution >= 4 is 21.9 Å². The molecule has 0 aromatic rings. The minimum atomic E-state index is -0.635. The minimum absolute atomic E-state index is 0.123. The van der Waals surface area contributed by atoms with Gasteiger partial charge >= 0.3 is 5.97 Å². The lowest BCUT2D eigenvalue weighted by molar-refractivity contribution is -0.142. The number of carbonyl (C=O) groups is 1. The van der Waals surface area contributed by atoms with Crippen LogP contribution in [0.4, 0.5) is 0 Å². The summed E-state index contributed by atoms with van der Waals surface area (Å²) in [6.45, 7) is 2.09. The Kier molecular flexibility index (Phi) is 7.56. The van der Waals surface area contributed by atoms with Gasteiger partial charge < -0.3 is 5.11 Å². The first-order valence-corrected chi connectivity index (χ1v) is 5.63. The molecule has 0 heterocycles. The number of halogens is 1. The van der Waals surface area contributed by atoms with Crippen molar-refractivity contribution in [3.63, 3.8) is 0 Å². The average molecular weight is 237 g/mol. The maximum atomic E-state index is 10.7. The van der Waals surface area contributed by atoms with Crippen molar-refractivity contribution in [3.8, 4) is 0 Å². The largest absolute Gasteiger partial charge is 0.481 e. The molecule has 0 bridgehead atoms. The molecule has 12 heavy (non-hydrogen) atoms. The van der Waals surface area contributed by atoms with E-state index in [2.05, 4.69) is 22.9 Å². The van der Waals surface area contributed by atoms with Gasteiger partial charge in [-0.3, -0.25) is 4.79 Å². The number of carboxylic acids is 1. The van der Waals surface area contributed by atoms with Gasteiger partial charge in [-0.2, -0.15) is 0 Å². The van der Waals surface area contributed by atoms with Gasteiger partial charge in [-0.25, -0.2) is 0 Å². The third-order valence-electron chi connectivity index (χ3n) is 1.94. The SMILES string of the molecule is CCCCC(CCCBr)C(=O)O. The van der Waals surface area contributed by atoms with Gasteiger partial charge in [-0.1, -0.05) is 35.7 Å². The van der Waals surface area contributed by atoms with E-state index in [1.807, 2.05) is 0 Å². The van der Waals surface area contributed by atoms with E-state index in [-0.39, 0.29) is 5.92 Å². The molecule has 0 saturated carbocycles. The first kappa shape index (κ1) is 11.9. The lowest BCUT2D eigenvalue weighted by Gasteiger charge is -2.09. The summed E-state index contributed by atoms with van der Waals surface area (Å²) in [4.78, 5) is 10.7. The van der Waals surface area contributed by atoms with Crippen LogP contribution in [0, 0.1) is 5.92 Å². The summed E-state index contributed by atoms with van der Waals surface area (Å²) in [6.07, 6.45) is 4.71. The van der Waals surface area contributed by atoms with Crippen LogP contribution in [-0.2, 0) is 4.79 Å².